The van der Waals surface area contributed by atoms with Crippen molar-refractivity contribution in [3.05, 3.63) is 80.0 Å². The van der Waals surface area contributed by atoms with E-state index in [2.05, 4.69) is 0 Å². The molecule has 0 aliphatic rings. The number of halogens is 1. The van der Waals surface area contributed by atoms with Crippen molar-refractivity contribution < 1.29 is 0 Å². The number of fused-ring (bicyclic) bond motifs is 1. The summed E-state index contributed by atoms with van der Waals surface area (Å²) in [5.41, 5.74) is 1.01. The van der Waals surface area contributed by atoms with Crippen molar-refractivity contribution in [1.29, 1.82) is 0 Å². The summed E-state index contributed by atoms with van der Waals surface area (Å²) in [4.78, 5) is 25.0. The van der Waals surface area contributed by atoms with Crippen molar-refractivity contribution in [2.24, 2.45) is 0 Å². The van der Waals surface area contributed by atoms with Crippen LogP contribution in [0, 0.1) is 0 Å². The highest BCUT2D eigenvalue weighted by molar-refractivity contribution is 6.30. The first-order valence-electron chi connectivity index (χ1n) is 7.08. The number of rotatable bonds is 3. The molecule has 3 aromatic rings. The molecular formula is C17H15ClN2O2. The molecule has 0 radical (unpaired) electrons. The molecule has 1 aromatic heterocycles. The fourth-order valence-corrected chi connectivity index (χ4v) is 2.83. The van der Waals surface area contributed by atoms with Gasteiger partial charge >= 0.3 is 5.69 Å². The molecule has 0 bridgehead atoms. The van der Waals surface area contributed by atoms with E-state index in [0.29, 0.717) is 29.0 Å². The van der Waals surface area contributed by atoms with Gasteiger partial charge in [-0.25, -0.2) is 4.79 Å². The van der Waals surface area contributed by atoms with Crippen molar-refractivity contribution >= 4 is 22.5 Å². The van der Waals surface area contributed by atoms with E-state index in [9.17, 15) is 9.59 Å². The highest BCUT2D eigenvalue weighted by Crippen LogP contribution is 2.14. The molecule has 3 rings (SSSR count). The van der Waals surface area contributed by atoms with Crippen LogP contribution in [-0.4, -0.2) is 9.13 Å². The van der Waals surface area contributed by atoms with Crippen LogP contribution in [-0.2, 0) is 13.1 Å². The van der Waals surface area contributed by atoms with Crippen LogP contribution in [0.25, 0.3) is 10.9 Å². The van der Waals surface area contributed by atoms with Gasteiger partial charge in [0.1, 0.15) is 0 Å². The third-order valence-electron chi connectivity index (χ3n) is 3.68. The fraction of sp³-hybridized carbons (Fsp3) is 0.176. The van der Waals surface area contributed by atoms with Crippen molar-refractivity contribution in [2.75, 3.05) is 0 Å². The quantitative estimate of drug-likeness (QED) is 0.746. The van der Waals surface area contributed by atoms with E-state index in [1.54, 1.807) is 35.8 Å². The third kappa shape index (κ3) is 2.46. The van der Waals surface area contributed by atoms with E-state index < -0.39 is 0 Å². The smallest absolute Gasteiger partial charge is 0.289 e. The first kappa shape index (κ1) is 14.6. The van der Waals surface area contributed by atoms with Gasteiger partial charge in [-0.05, 0) is 36.8 Å². The second kappa shape index (κ2) is 5.81. The van der Waals surface area contributed by atoms with Gasteiger partial charge in [0.25, 0.3) is 5.56 Å². The standard InChI is InChI=1S/C17H15ClN2O2/c1-2-19-16(21)14-8-3-4-9-15(14)20(17(19)22)11-12-6-5-7-13(18)10-12/h3-10H,2,11H2,1H3. The highest BCUT2D eigenvalue weighted by atomic mass is 35.5. The molecule has 0 saturated carbocycles. The summed E-state index contributed by atoms with van der Waals surface area (Å²) in [6, 6.07) is 14.5. The summed E-state index contributed by atoms with van der Waals surface area (Å²) >= 11 is 6.01. The van der Waals surface area contributed by atoms with Crippen molar-refractivity contribution in [1.82, 2.24) is 9.13 Å². The topological polar surface area (TPSA) is 44.0 Å². The molecule has 0 unspecified atom stereocenters. The minimum atomic E-state index is -0.300. The molecule has 0 aliphatic carbocycles. The third-order valence-corrected chi connectivity index (χ3v) is 3.91. The van der Waals surface area contributed by atoms with E-state index in [-0.39, 0.29) is 11.2 Å². The van der Waals surface area contributed by atoms with Gasteiger partial charge in [0, 0.05) is 11.6 Å². The predicted molar refractivity (Wildman–Crippen MR) is 88.7 cm³/mol. The zero-order valence-corrected chi connectivity index (χ0v) is 12.9. The Balaban J connectivity index is 2.29. The Labute approximate surface area is 132 Å². The number of benzene rings is 2. The second-order valence-corrected chi connectivity index (χ2v) is 5.50. The van der Waals surface area contributed by atoms with Crippen molar-refractivity contribution in [3.8, 4) is 0 Å². The molecule has 0 saturated heterocycles. The van der Waals surface area contributed by atoms with Crippen molar-refractivity contribution in [2.45, 2.75) is 20.0 Å². The molecule has 0 spiro atoms. The molecule has 5 heteroatoms. The van der Waals surface area contributed by atoms with Crippen LogP contribution >= 0.6 is 11.6 Å². The van der Waals surface area contributed by atoms with Gasteiger partial charge in [0.2, 0.25) is 0 Å². The average Bonchev–Trinajstić information content (AvgIpc) is 2.52. The lowest BCUT2D eigenvalue weighted by atomic mass is 10.2. The van der Waals surface area contributed by atoms with E-state index >= 15 is 0 Å². The van der Waals surface area contributed by atoms with E-state index in [4.69, 9.17) is 11.6 Å². The Bertz CT molecular complexity index is 957. The van der Waals surface area contributed by atoms with E-state index in [1.807, 2.05) is 24.3 Å². The predicted octanol–water partition coefficient (Wildman–Crippen LogP) is 2.88. The second-order valence-electron chi connectivity index (χ2n) is 5.07. The first-order chi connectivity index (χ1) is 10.6. The minimum Gasteiger partial charge on any atom is -0.289 e. The lowest BCUT2D eigenvalue weighted by Crippen LogP contribution is -2.39. The number of hydrogen-bond donors (Lipinski definition) is 0. The Morgan fingerprint density at radius 1 is 1.00 bits per heavy atom. The Kier molecular flexibility index (Phi) is 3.86. The van der Waals surface area contributed by atoms with Crippen LogP contribution in [0.3, 0.4) is 0 Å². The van der Waals surface area contributed by atoms with Crippen molar-refractivity contribution in [3.63, 3.8) is 0 Å². The normalized spacial score (nSPS) is 11.0. The number of nitrogens with zero attached hydrogens (tertiary/aromatic N) is 2. The maximum absolute atomic E-state index is 12.6. The molecule has 0 atom stereocenters. The van der Waals surface area contributed by atoms with Gasteiger partial charge in [-0.15, -0.1) is 0 Å². The molecule has 0 aliphatic heterocycles. The zero-order valence-electron chi connectivity index (χ0n) is 12.1. The minimum absolute atomic E-state index is 0.245. The maximum Gasteiger partial charge on any atom is 0.331 e. The van der Waals surface area contributed by atoms with Gasteiger partial charge in [0.05, 0.1) is 17.4 Å². The molecular weight excluding hydrogens is 300 g/mol. The van der Waals surface area contributed by atoms with Gasteiger partial charge in [-0.1, -0.05) is 35.9 Å². The van der Waals surface area contributed by atoms with Gasteiger partial charge in [0.15, 0.2) is 0 Å². The van der Waals surface area contributed by atoms with Gasteiger partial charge in [-0.2, -0.15) is 0 Å². The SMILES string of the molecule is CCn1c(=O)c2ccccc2n(Cc2cccc(Cl)c2)c1=O. The largest absolute Gasteiger partial charge is 0.331 e. The zero-order chi connectivity index (χ0) is 15.7. The number of hydrogen-bond acceptors (Lipinski definition) is 2. The van der Waals surface area contributed by atoms with Crippen LogP contribution < -0.4 is 11.2 Å². The van der Waals surface area contributed by atoms with Gasteiger partial charge in [-0.3, -0.25) is 13.9 Å². The first-order valence-corrected chi connectivity index (χ1v) is 7.46. The van der Waals surface area contributed by atoms with Crippen LogP contribution in [0.1, 0.15) is 12.5 Å². The summed E-state index contributed by atoms with van der Waals surface area (Å²) in [5.74, 6) is 0. The van der Waals surface area contributed by atoms with Gasteiger partial charge < -0.3 is 0 Å². The lowest BCUT2D eigenvalue weighted by Gasteiger charge is -2.13. The number of aromatic nitrogens is 2. The average molecular weight is 315 g/mol. The molecule has 112 valence electrons. The summed E-state index contributed by atoms with van der Waals surface area (Å²) in [6.45, 7) is 2.51. The van der Waals surface area contributed by atoms with Crippen LogP contribution in [0.15, 0.2) is 58.1 Å². The summed E-state index contributed by atoms with van der Waals surface area (Å²) < 4.78 is 2.87. The molecule has 4 nitrogen and oxygen atoms in total. The Morgan fingerprint density at radius 2 is 1.77 bits per heavy atom. The van der Waals surface area contributed by atoms with Crippen LogP contribution in [0.4, 0.5) is 0 Å². The molecule has 0 amide bonds. The maximum atomic E-state index is 12.6. The molecule has 22 heavy (non-hydrogen) atoms. The molecule has 0 N–H and O–H groups in total. The van der Waals surface area contributed by atoms with E-state index in [0.717, 1.165) is 5.56 Å². The Hall–Kier alpha value is -2.33. The molecule has 2 aromatic carbocycles. The monoisotopic (exact) mass is 314 g/mol. The molecule has 0 fully saturated rings. The fourth-order valence-electron chi connectivity index (χ4n) is 2.62. The summed E-state index contributed by atoms with van der Waals surface area (Å²) in [5, 5.41) is 1.17. The van der Waals surface area contributed by atoms with E-state index in [1.165, 1.54) is 4.57 Å². The highest BCUT2D eigenvalue weighted by Gasteiger charge is 2.12. The lowest BCUT2D eigenvalue weighted by molar-refractivity contribution is 0.619. The van der Waals surface area contributed by atoms with Crippen LogP contribution in [0.2, 0.25) is 5.02 Å². The summed E-state index contributed by atoms with van der Waals surface area (Å²) in [7, 11) is 0. The molecule has 1 heterocycles. The Morgan fingerprint density at radius 3 is 2.50 bits per heavy atom. The number of para-hydroxylation sites is 1. The summed E-state index contributed by atoms with van der Waals surface area (Å²) in [6.07, 6.45) is 0. The van der Waals surface area contributed by atoms with Crippen LogP contribution in [0.5, 0.6) is 0 Å².